The molecule has 2 atom stereocenters. The summed E-state index contributed by atoms with van der Waals surface area (Å²) in [6.07, 6.45) is 4.51. The fourth-order valence-electron chi connectivity index (χ4n) is 3.53. The van der Waals surface area contributed by atoms with Gasteiger partial charge in [0.25, 0.3) is 0 Å². The quantitative estimate of drug-likeness (QED) is 0.812. The predicted octanol–water partition coefficient (Wildman–Crippen LogP) is 2.12. The first kappa shape index (κ1) is 18.6. The minimum atomic E-state index is -0.756. The minimum absolute atomic E-state index is 0.145. The number of pyridine rings is 1. The van der Waals surface area contributed by atoms with Crippen LogP contribution in [0.15, 0.2) is 48.8 Å². The van der Waals surface area contributed by atoms with Crippen LogP contribution >= 0.6 is 0 Å². The first-order chi connectivity index (χ1) is 13.0. The van der Waals surface area contributed by atoms with Crippen molar-refractivity contribution in [3.8, 4) is 0 Å². The zero-order chi connectivity index (χ0) is 19.4. The van der Waals surface area contributed by atoms with Crippen LogP contribution in [0.3, 0.4) is 0 Å². The number of nitrogens with zero attached hydrogens (tertiary/aromatic N) is 2. The lowest BCUT2D eigenvalue weighted by atomic mass is 9.86. The van der Waals surface area contributed by atoms with Crippen LogP contribution in [-0.2, 0) is 9.59 Å². The molecule has 1 fully saturated rings. The molecule has 3 rings (SSSR count). The zero-order valence-electron chi connectivity index (χ0n) is 15.1. The van der Waals surface area contributed by atoms with Gasteiger partial charge in [-0.05, 0) is 30.4 Å². The monoisotopic (exact) mass is 366 g/mol. The molecule has 2 aromatic rings. The van der Waals surface area contributed by atoms with Gasteiger partial charge in [0.15, 0.2) is 0 Å². The number of amides is 3. The van der Waals surface area contributed by atoms with Crippen molar-refractivity contribution in [2.75, 3.05) is 11.9 Å². The maximum Gasteiger partial charge on any atom is 0.313 e. The number of hydrogen-bond donors (Lipinski definition) is 2. The van der Waals surface area contributed by atoms with Crippen LogP contribution in [0.5, 0.6) is 0 Å². The van der Waals surface area contributed by atoms with E-state index in [1.165, 1.54) is 18.5 Å². The molecule has 7 nitrogen and oxygen atoms in total. The van der Waals surface area contributed by atoms with Crippen LogP contribution in [0.25, 0.3) is 0 Å². The van der Waals surface area contributed by atoms with Gasteiger partial charge >= 0.3 is 11.8 Å². The van der Waals surface area contributed by atoms with Crippen molar-refractivity contribution >= 4 is 23.4 Å². The second-order valence-electron chi connectivity index (χ2n) is 6.75. The fourth-order valence-corrected chi connectivity index (χ4v) is 3.53. The van der Waals surface area contributed by atoms with Gasteiger partial charge in [0.2, 0.25) is 5.91 Å². The maximum absolute atomic E-state index is 12.9. The van der Waals surface area contributed by atoms with E-state index in [1.807, 2.05) is 30.3 Å². The van der Waals surface area contributed by atoms with Crippen molar-refractivity contribution in [2.24, 2.45) is 11.7 Å². The highest BCUT2D eigenvalue weighted by Crippen LogP contribution is 2.35. The Labute approximate surface area is 157 Å². The van der Waals surface area contributed by atoms with Crippen LogP contribution in [-0.4, -0.2) is 34.2 Å². The van der Waals surface area contributed by atoms with Gasteiger partial charge in [-0.15, -0.1) is 0 Å². The highest BCUT2D eigenvalue weighted by atomic mass is 16.2. The lowest BCUT2D eigenvalue weighted by molar-refractivity contribution is -0.146. The Morgan fingerprint density at radius 1 is 1.19 bits per heavy atom. The van der Waals surface area contributed by atoms with Crippen molar-refractivity contribution in [3.05, 3.63) is 59.9 Å². The van der Waals surface area contributed by atoms with Crippen LogP contribution in [0.4, 0.5) is 5.69 Å². The third-order valence-electron chi connectivity index (χ3n) is 4.81. The molecule has 0 aliphatic carbocycles. The van der Waals surface area contributed by atoms with Crippen LogP contribution < -0.4 is 11.1 Å². The van der Waals surface area contributed by atoms with Gasteiger partial charge < -0.3 is 16.0 Å². The number of primary amides is 1. The SMILES string of the molecule is C[C@H]1CCCN(C(=O)C(=O)Nc2cncc(C(N)=O)c2)[C@@H]1c1ccccc1. The molecule has 0 spiro atoms. The summed E-state index contributed by atoms with van der Waals surface area (Å²) >= 11 is 0. The molecule has 7 heteroatoms. The van der Waals surface area contributed by atoms with E-state index < -0.39 is 17.7 Å². The van der Waals surface area contributed by atoms with Gasteiger partial charge in [-0.2, -0.15) is 0 Å². The number of aromatic nitrogens is 1. The van der Waals surface area contributed by atoms with E-state index in [2.05, 4.69) is 17.2 Å². The van der Waals surface area contributed by atoms with Gasteiger partial charge in [0.05, 0.1) is 23.5 Å². The summed E-state index contributed by atoms with van der Waals surface area (Å²) in [6, 6.07) is 11.0. The number of hydrogen-bond acceptors (Lipinski definition) is 4. The molecule has 3 N–H and O–H groups in total. The topological polar surface area (TPSA) is 105 Å². The lowest BCUT2D eigenvalue weighted by Gasteiger charge is -2.40. The summed E-state index contributed by atoms with van der Waals surface area (Å²) in [5.74, 6) is -1.76. The molecule has 0 bridgehead atoms. The predicted molar refractivity (Wildman–Crippen MR) is 101 cm³/mol. The summed E-state index contributed by atoms with van der Waals surface area (Å²) < 4.78 is 0. The molecule has 0 radical (unpaired) electrons. The van der Waals surface area contributed by atoms with Crippen molar-refractivity contribution in [3.63, 3.8) is 0 Å². The standard InChI is InChI=1S/C20H22N4O3/c1-13-6-5-9-24(17(13)14-7-3-2-4-8-14)20(27)19(26)23-16-10-15(18(21)25)11-22-12-16/h2-4,7-8,10-13,17H,5-6,9H2,1H3,(H2,21,25)(H,23,26)/t13-,17-/m0/s1. The van der Waals surface area contributed by atoms with E-state index in [0.717, 1.165) is 18.4 Å². The molecule has 1 aromatic heterocycles. The third-order valence-corrected chi connectivity index (χ3v) is 4.81. The molecule has 1 aromatic carbocycles. The molecular formula is C20H22N4O3. The van der Waals surface area contributed by atoms with Crippen molar-refractivity contribution in [1.82, 2.24) is 9.88 Å². The van der Waals surface area contributed by atoms with Gasteiger partial charge in [0, 0.05) is 12.7 Å². The Hall–Kier alpha value is -3.22. The minimum Gasteiger partial charge on any atom is -0.366 e. The second-order valence-corrected chi connectivity index (χ2v) is 6.75. The van der Waals surface area contributed by atoms with Crippen LogP contribution in [0.2, 0.25) is 0 Å². The van der Waals surface area contributed by atoms with Gasteiger partial charge in [0.1, 0.15) is 0 Å². The van der Waals surface area contributed by atoms with Gasteiger partial charge in [-0.1, -0.05) is 37.3 Å². The molecule has 1 aliphatic heterocycles. The molecule has 0 unspecified atom stereocenters. The third kappa shape index (κ3) is 4.13. The van der Waals surface area contributed by atoms with Gasteiger partial charge in [-0.25, -0.2) is 0 Å². The average Bonchev–Trinajstić information content (AvgIpc) is 2.68. The number of nitrogens with two attached hydrogens (primary N) is 1. The Kier molecular flexibility index (Phi) is 5.49. The summed E-state index contributed by atoms with van der Waals surface area (Å²) in [4.78, 5) is 42.1. The molecule has 2 heterocycles. The lowest BCUT2D eigenvalue weighted by Crippen LogP contribution is -2.46. The van der Waals surface area contributed by atoms with Gasteiger partial charge in [-0.3, -0.25) is 19.4 Å². The summed E-state index contributed by atoms with van der Waals surface area (Å²) in [5, 5.41) is 2.52. The van der Waals surface area contributed by atoms with Crippen molar-refractivity contribution in [2.45, 2.75) is 25.8 Å². The Morgan fingerprint density at radius 2 is 1.93 bits per heavy atom. The Balaban J connectivity index is 1.79. The summed E-state index contributed by atoms with van der Waals surface area (Å²) in [6.45, 7) is 2.62. The largest absolute Gasteiger partial charge is 0.366 e. The molecule has 0 saturated carbocycles. The number of carbonyl (C=O) groups excluding carboxylic acids is 3. The summed E-state index contributed by atoms with van der Waals surface area (Å²) in [7, 11) is 0. The first-order valence-electron chi connectivity index (χ1n) is 8.89. The molecule has 1 aliphatic rings. The molecule has 140 valence electrons. The van der Waals surface area contributed by atoms with E-state index in [4.69, 9.17) is 5.73 Å². The number of anilines is 1. The van der Waals surface area contributed by atoms with Crippen molar-refractivity contribution < 1.29 is 14.4 Å². The highest BCUT2D eigenvalue weighted by molar-refractivity contribution is 6.39. The van der Waals surface area contributed by atoms with E-state index in [9.17, 15) is 14.4 Å². The Morgan fingerprint density at radius 3 is 2.63 bits per heavy atom. The fraction of sp³-hybridized carbons (Fsp3) is 0.300. The van der Waals surface area contributed by atoms with Crippen LogP contribution in [0.1, 0.15) is 41.7 Å². The van der Waals surface area contributed by atoms with E-state index in [1.54, 1.807) is 4.90 Å². The number of nitrogens with one attached hydrogen (secondary N) is 1. The highest BCUT2D eigenvalue weighted by Gasteiger charge is 2.35. The number of rotatable bonds is 3. The maximum atomic E-state index is 12.9. The average molecular weight is 366 g/mol. The number of benzene rings is 1. The van der Waals surface area contributed by atoms with Crippen LogP contribution in [0, 0.1) is 5.92 Å². The first-order valence-corrected chi connectivity index (χ1v) is 8.89. The molecule has 1 saturated heterocycles. The Bertz CT molecular complexity index is 853. The second kappa shape index (κ2) is 7.99. The van der Waals surface area contributed by atoms with E-state index >= 15 is 0 Å². The normalized spacial score (nSPS) is 19.4. The summed E-state index contributed by atoms with van der Waals surface area (Å²) in [5.41, 5.74) is 6.65. The van der Waals surface area contributed by atoms with Crippen molar-refractivity contribution in [1.29, 1.82) is 0 Å². The molecule has 3 amide bonds. The molecule has 27 heavy (non-hydrogen) atoms. The zero-order valence-corrected chi connectivity index (χ0v) is 15.1. The number of likely N-dealkylation sites (tertiary alicyclic amines) is 1. The van der Waals surface area contributed by atoms with E-state index in [0.29, 0.717) is 6.54 Å². The smallest absolute Gasteiger partial charge is 0.313 e. The molecular weight excluding hydrogens is 344 g/mol. The number of carbonyl (C=O) groups is 3. The van der Waals surface area contributed by atoms with E-state index in [-0.39, 0.29) is 23.2 Å². The number of piperidine rings is 1.